The summed E-state index contributed by atoms with van der Waals surface area (Å²) in [6.45, 7) is 4.66. The van der Waals surface area contributed by atoms with E-state index >= 15 is 0 Å². The van der Waals surface area contributed by atoms with Crippen molar-refractivity contribution in [3.8, 4) is 0 Å². The number of hydrogen-bond donors (Lipinski definition) is 2. The minimum Gasteiger partial charge on any atom is -0.370 e. The SMILES string of the molecule is CC(C)Cn1c(CCC(N)=O)nnc1SCC(=O)N1CC(=O)NC(=O)C12CCCCC2. The molecule has 1 aliphatic carbocycles. The molecule has 3 rings (SSSR count). The Labute approximate surface area is 185 Å². The predicted octanol–water partition coefficient (Wildman–Crippen LogP) is 0.632. The highest BCUT2D eigenvalue weighted by Gasteiger charge is 2.50. The van der Waals surface area contributed by atoms with Crippen molar-refractivity contribution in [1.29, 1.82) is 0 Å². The zero-order chi connectivity index (χ0) is 22.6. The van der Waals surface area contributed by atoms with E-state index in [2.05, 4.69) is 29.4 Å². The van der Waals surface area contributed by atoms with Gasteiger partial charge in [0.25, 0.3) is 5.91 Å². The molecule has 0 radical (unpaired) electrons. The van der Waals surface area contributed by atoms with Crippen LogP contribution in [0.15, 0.2) is 5.16 Å². The molecule has 10 nitrogen and oxygen atoms in total. The van der Waals surface area contributed by atoms with Crippen LogP contribution in [-0.2, 0) is 32.1 Å². The first kappa shape index (κ1) is 23.2. The first-order valence-corrected chi connectivity index (χ1v) is 11.7. The molecule has 2 heterocycles. The number of imide groups is 1. The number of carbonyl (C=O) groups is 4. The average Bonchev–Trinajstić information content (AvgIpc) is 3.09. The Balaban J connectivity index is 1.75. The van der Waals surface area contributed by atoms with E-state index in [9.17, 15) is 19.2 Å². The maximum absolute atomic E-state index is 13.1. The summed E-state index contributed by atoms with van der Waals surface area (Å²) in [6, 6.07) is 0. The van der Waals surface area contributed by atoms with Crippen LogP contribution in [0.25, 0.3) is 0 Å². The van der Waals surface area contributed by atoms with Crippen molar-refractivity contribution in [2.45, 2.75) is 76.0 Å². The topological polar surface area (TPSA) is 140 Å². The molecular formula is C20H30N6O4S. The fourth-order valence-corrected chi connectivity index (χ4v) is 5.10. The summed E-state index contributed by atoms with van der Waals surface area (Å²) >= 11 is 1.23. The van der Waals surface area contributed by atoms with Crippen molar-refractivity contribution in [2.75, 3.05) is 12.3 Å². The van der Waals surface area contributed by atoms with Crippen LogP contribution in [-0.4, -0.2) is 61.1 Å². The maximum Gasteiger partial charge on any atom is 0.252 e. The molecule has 0 bridgehead atoms. The van der Waals surface area contributed by atoms with Gasteiger partial charge >= 0.3 is 0 Å². The Kier molecular flexibility index (Phi) is 7.34. The van der Waals surface area contributed by atoms with Gasteiger partial charge in [0.1, 0.15) is 17.9 Å². The molecule has 1 saturated carbocycles. The quantitative estimate of drug-likeness (QED) is 0.437. The number of nitrogens with zero attached hydrogens (tertiary/aromatic N) is 4. The zero-order valence-electron chi connectivity index (χ0n) is 18.1. The lowest BCUT2D eigenvalue weighted by Gasteiger charge is -2.47. The maximum atomic E-state index is 13.1. The van der Waals surface area contributed by atoms with Gasteiger partial charge in [0.15, 0.2) is 5.16 Å². The molecule has 1 aromatic heterocycles. The number of rotatable bonds is 8. The lowest BCUT2D eigenvalue weighted by atomic mass is 9.78. The van der Waals surface area contributed by atoms with E-state index in [-0.39, 0.29) is 30.5 Å². The molecule has 1 aliphatic heterocycles. The summed E-state index contributed by atoms with van der Waals surface area (Å²) in [7, 11) is 0. The molecule has 2 aliphatic rings. The van der Waals surface area contributed by atoms with Gasteiger partial charge in [-0.2, -0.15) is 0 Å². The van der Waals surface area contributed by atoms with E-state index in [0.717, 1.165) is 19.3 Å². The van der Waals surface area contributed by atoms with E-state index in [1.54, 1.807) is 0 Å². The Morgan fingerprint density at radius 2 is 1.90 bits per heavy atom. The van der Waals surface area contributed by atoms with Crippen LogP contribution in [0, 0.1) is 5.92 Å². The molecule has 1 aromatic rings. The molecule has 1 spiro atoms. The van der Waals surface area contributed by atoms with Crippen LogP contribution in [0.1, 0.15) is 58.2 Å². The van der Waals surface area contributed by atoms with E-state index in [1.165, 1.54) is 16.7 Å². The number of piperazine rings is 1. The second kappa shape index (κ2) is 9.80. The number of hydrogen-bond acceptors (Lipinski definition) is 7. The fourth-order valence-electron chi connectivity index (χ4n) is 4.26. The highest BCUT2D eigenvalue weighted by Crippen LogP contribution is 2.36. The zero-order valence-corrected chi connectivity index (χ0v) is 18.9. The van der Waals surface area contributed by atoms with Gasteiger partial charge in [0, 0.05) is 19.4 Å². The number of carbonyl (C=O) groups excluding carboxylic acids is 4. The highest BCUT2D eigenvalue weighted by molar-refractivity contribution is 7.99. The minimum atomic E-state index is -0.929. The molecule has 0 unspecified atom stereocenters. The average molecular weight is 451 g/mol. The standard InChI is InChI=1S/C20H30N6O4S/c1-13(2)10-25-15(7-6-14(21)27)23-24-19(25)31-12-17(29)26-11-16(28)22-18(30)20(26)8-4-3-5-9-20/h13H,3-12H2,1-2H3,(H2,21,27)(H,22,28,30). The number of aromatic nitrogens is 3. The molecule has 3 N–H and O–H groups in total. The van der Waals surface area contributed by atoms with Gasteiger partial charge in [0.2, 0.25) is 17.7 Å². The van der Waals surface area contributed by atoms with Gasteiger partial charge < -0.3 is 15.2 Å². The monoisotopic (exact) mass is 450 g/mol. The Morgan fingerprint density at radius 3 is 2.55 bits per heavy atom. The van der Waals surface area contributed by atoms with Crippen LogP contribution in [0.2, 0.25) is 0 Å². The van der Waals surface area contributed by atoms with Crippen LogP contribution in [0.3, 0.4) is 0 Å². The van der Waals surface area contributed by atoms with Gasteiger partial charge in [-0.1, -0.05) is 44.9 Å². The normalized spacial score (nSPS) is 18.5. The van der Waals surface area contributed by atoms with E-state index in [1.807, 2.05) is 4.57 Å². The second-order valence-electron chi connectivity index (χ2n) is 8.61. The van der Waals surface area contributed by atoms with Gasteiger partial charge in [-0.3, -0.25) is 24.5 Å². The predicted molar refractivity (Wildman–Crippen MR) is 114 cm³/mol. The van der Waals surface area contributed by atoms with Crippen molar-refractivity contribution in [1.82, 2.24) is 25.0 Å². The lowest BCUT2D eigenvalue weighted by molar-refractivity contribution is -0.158. The Bertz CT molecular complexity index is 862. The summed E-state index contributed by atoms with van der Waals surface area (Å²) in [4.78, 5) is 50.4. The van der Waals surface area contributed by atoms with Crippen molar-refractivity contribution < 1.29 is 19.2 Å². The molecule has 2 fully saturated rings. The minimum absolute atomic E-state index is 0.0500. The lowest BCUT2D eigenvalue weighted by Crippen LogP contribution is -2.69. The number of thioether (sulfide) groups is 1. The summed E-state index contributed by atoms with van der Waals surface area (Å²) in [5.74, 6) is -0.461. The van der Waals surface area contributed by atoms with Crippen LogP contribution in [0.5, 0.6) is 0 Å². The second-order valence-corrected chi connectivity index (χ2v) is 9.55. The van der Waals surface area contributed by atoms with Gasteiger partial charge in [-0.25, -0.2) is 0 Å². The molecule has 4 amide bonds. The fraction of sp³-hybridized carbons (Fsp3) is 0.700. The van der Waals surface area contributed by atoms with Gasteiger partial charge in [-0.05, 0) is 18.8 Å². The van der Waals surface area contributed by atoms with Crippen molar-refractivity contribution in [2.24, 2.45) is 11.7 Å². The van der Waals surface area contributed by atoms with E-state index in [4.69, 9.17) is 5.73 Å². The third kappa shape index (κ3) is 5.25. The number of aryl methyl sites for hydroxylation is 1. The van der Waals surface area contributed by atoms with Crippen molar-refractivity contribution in [3.05, 3.63) is 5.82 Å². The highest BCUT2D eigenvalue weighted by atomic mass is 32.2. The third-order valence-corrected chi connectivity index (χ3v) is 6.69. The Morgan fingerprint density at radius 1 is 1.19 bits per heavy atom. The summed E-state index contributed by atoms with van der Waals surface area (Å²) in [5.41, 5.74) is 4.33. The Hall–Kier alpha value is -2.43. The largest absolute Gasteiger partial charge is 0.370 e. The number of nitrogens with two attached hydrogens (primary N) is 1. The molecule has 0 aromatic carbocycles. The molecule has 0 atom stereocenters. The molecule has 11 heteroatoms. The van der Waals surface area contributed by atoms with Crippen LogP contribution < -0.4 is 11.1 Å². The van der Waals surface area contributed by atoms with Gasteiger partial charge in [0.05, 0.1) is 5.75 Å². The molecular weight excluding hydrogens is 420 g/mol. The molecule has 1 saturated heterocycles. The number of amides is 4. The van der Waals surface area contributed by atoms with Crippen molar-refractivity contribution in [3.63, 3.8) is 0 Å². The number of primary amides is 1. The van der Waals surface area contributed by atoms with Crippen molar-refractivity contribution >= 4 is 35.4 Å². The molecule has 170 valence electrons. The van der Waals surface area contributed by atoms with E-state index < -0.39 is 17.4 Å². The van der Waals surface area contributed by atoms with E-state index in [0.29, 0.717) is 42.7 Å². The summed E-state index contributed by atoms with van der Waals surface area (Å²) < 4.78 is 1.91. The number of nitrogens with one attached hydrogen (secondary N) is 1. The summed E-state index contributed by atoms with van der Waals surface area (Å²) in [6.07, 6.45) is 4.43. The smallest absolute Gasteiger partial charge is 0.252 e. The first-order valence-electron chi connectivity index (χ1n) is 10.7. The first-order chi connectivity index (χ1) is 14.7. The van der Waals surface area contributed by atoms with Crippen LogP contribution >= 0.6 is 11.8 Å². The van der Waals surface area contributed by atoms with Gasteiger partial charge in [-0.15, -0.1) is 10.2 Å². The third-order valence-electron chi connectivity index (χ3n) is 5.74. The summed E-state index contributed by atoms with van der Waals surface area (Å²) in [5, 5.41) is 11.4. The van der Waals surface area contributed by atoms with Crippen LogP contribution in [0.4, 0.5) is 0 Å². The molecule has 31 heavy (non-hydrogen) atoms.